The maximum Gasteiger partial charge on any atom is 0.238 e. The van der Waals surface area contributed by atoms with Crippen molar-refractivity contribution in [3.63, 3.8) is 0 Å². The van der Waals surface area contributed by atoms with E-state index in [9.17, 15) is 14.0 Å². The molecule has 4 heteroatoms. The molecule has 1 saturated heterocycles. The summed E-state index contributed by atoms with van der Waals surface area (Å²) in [5, 5.41) is 0. The summed E-state index contributed by atoms with van der Waals surface area (Å²) in [5.41, 5.74) is 5.03. The first-order valence-electron chi connectivity index (χ1n) is 9.48. The number of hydrogen-bond acceptors (Lipinski definition) is 2. The fraction of sp³-hybridized carbons (Fsp3) is 0.167. The third-order valence-corrected chi connectivity index (χ3v) is 6.53. The second kappa shape index (κ2) is 5.38. The van der Waals surface area contributed by atoms with Gasteiger partial charge < -0.3 is 0 Å². The van der Waals surface area contributed by atoms with Crippen LogP contribution in [0.2, 0.25) is 0 Å². The molecule has 1 aliphatic heterocycles. The molecule has 3 aromatic rings. The molecular weight excluding hydrogens is 353 g/mol. The van der Waals surface area contributed by atoms with Gasteiger partial charge in [-0.25, -0.2) is 9.29 Å². The van der Waals surface area contributed by atoms with Gasteiger partial charge in [-0.2, -0.15) is 0 Å². The van der Waals surface area contributed by atoms with E-state index in [1.165, 1.54) is 29.2 Å². The number of benzene rings is 3. The van der Waals surface area contributed by atoms with Crippen molar-refractivity contribution in [2.45, 2.75) is 11.8 Å². The van der Waals surface area contributed by atoms with Crippen molar-refractivity contribution < 1.29 is 14.0 Å². The highest BCUT2D eigenvalue weighted by Gasteiger charge is 2.61. The second-order valence-electron chi connectivity index (χ2n) is 7.75. The van der Waals surface area contributed by atoms with Crippen LogP contribution in [0.15, 0.2) is 72.8 Å². The number of nitrogens with zero attached hydrogens (tertiary/aromatic N) is 1. The third-order valence-electron chi connectivity index (χ3n) is 6.53. The van der Waals surface area contributed by atoms with Crippen molar-refractivity contribution in [3.8, 4) is 0 Å². The van der Waals surface area contributed by atoms with Gasteiger partial charge in [0.2, 0.25) is 11.8 Å². The fourth-order valence-corrected chi connectivity index (χ4v) is 5.52. The number of halogens is 1. The van der Waals surface area contributed by atoms with E-state index in [0.29, 0.717) is 5.69 Å². The van der Waals surface area contributed by atoms with Crippen LogP contribution >= 0.6 is 0 Å². The summed E-state index contributed by atoms with van der Waals surface area (Å²) < 4.78 is 13.4. The standard InChI is InChI=1S/C24H16FNO2/c25-13-9-11-14(12-10-13)26-23(27)21-19-15-5-1-2-6-16(15)20(22(21)24(26)28)18-8-4-3-7-17(18)19/h1-12,19-22H/t19?,20?,21-,22+. The smallest absolute Gasteiger partial charge is 0.238 e. The summed E-state index contributed by atoms with van der Waals surface area (Å²) in [6.07, 6.45) is 0. The molecule has 2 bridgehead atoms. The largest absolute Gasteiger partial charge is 0.274 e. The van der Waals surface area contributed by atoms with Gasteiger partial charge in [-0.3, -0.25) is 9.59 Å². The Labute approximate surface area is 161 Å². The molecule has 3 nitrogen and oxygen atoms in total. The third kappa shape index (κ3) is 1.82. The van der Waals surface area contributed by atoms with Crippen LogP contribution < -0.4 is 4.90 Å². The maximum absolute atomic E-state index is 13.5. The summed E-state index contributed by atoms with van der Waals surface area (Å²) in [7, 11) is 0. The fourth-order valence-electron chi connectivity index (χ4n) is 5.52. The monoisotopic (exact) mass is 369 g/mol. The van der Waals surface area contributed by atoms with E-state index in [2.05, 4.69) is 24.3 Å². The normalized spacial score (nSPS) is 26.8. The van der Waals surface area contributed by atoms with Crippen LogP contribution in [0.3, 0.4) is 0 Å². The first-order valence-corrected chi connectivity index (χ1v) is 9.48. The zero-order valence-corrected chi connectivity index (χ0v) is 14.9. The number of anilines is 1. The predicted molar refractivity (Wildman–Crippen MR) is 102 cm³/mol. The number of amides is 2. The summed E-state index contributed by atoms with van der Waals surface area (Å²) in [6, 6.07) is 21.9. The lowest BCUT2D eigenvalue weighted by molar-refractivity contribution is -0.122. The van der Waals surface area contributed by atoms with Crippen molar-refractivity contribution in [1.29, 1.82) is 0 Å². The van der Waals surface area contributed by atoms with Crippen LogP contribution in [0.4, 0.5) is 10.1 Å². The minimum Gasteiger partial charge on any atom is -0.274 e. The Balaban J connectivity index is 1.57. The van der Waals surface area contributed by atoms with Crippen LogP contribution in [-0.2, 0) is 9.59 Å². The summed E-state index contributed by atoms with van der Waals surface area (Å²) in [6.45, 7) is 0. The van der Waals surface area contributed by atoms with Gasteiger partial charge >= 0.3 is 0 Å². The average Bonchev–Trinajstić information content (AvgIpc) is 3.00. The molecule has 2 amide bonds. The molecule has 3 aliphatic carbocycles. The first-order chi connectivity index (χ1) is 13.7. The average molecular weight is 369 g/mol. The van der Waals surface area contributed by atoms with E-state index in [-0.39, 0.29) is 29.5 Å². The summed E-state index contributed by atoms with van der Waals surface area (Å²) >= 11 is 0. The lowest BCUT2D eigenvalue weighted by Crippen LogP contribution is -2.41. The van der Waals surface area contributed by atoms with Crippen molar-refractivity contribution in [3.05, 3.63) is 101 Å². The zero-order chi connectivity index (χ0) is 19.0. The molecule has 0 saturated carbocycles. The van der Waals surface area contributed by atoms with Crippen molar-refractivity contribution in [2.24, 2.45) is 11.8 Å². The molecule has 1 fully saturated rings. The summed E-state index contributed by atoms with van der Waals surface area (Å²) in [5.74, 6) is -1.81. The minimum atomic E-state index is -0.410. The Bertz CT molecular complexity index is 1040. The topological polar surface area (TPSA) is 37.4 Å². The van der Waals surface area contributed by atoms with Crippen molar-refractivity contribution in [1.82, 2.24) is 0 Å². The molecule has 0 unspecified atom stereocenters. The number of carbonyl (C=O) groups excluding carboxylic acids is 2. The van der Waals surface area contributed by atoms with Crippen LogP contribution in [0, 0.1) is 17.7 Å². The number of carbonyl (C=O) groups is 2. The Morgan fingerprint density at radius 3 is 1.39 bits per heavy atom. The van der Waals surface area contributed by atoms with Gasteiger partial charge in [-0.05, 0) is 46.5 Å². The molecule has 0 spiro atoms. The van der Waals surface area contributed by atoms with Crippen LogP contribution in [-0.4, -0.2) is 11.8 Å². The Kier molecular flexibility index (Phi) is 3.03. The van der Waals surface area contributed by atoms with Gasteiger partial charge in [0.1, 0.15) is 5.82 Å². The lowest BCUT2D eigenvalue weighted by Gasteiger charge is -2.45. The van der Waals surface area contributed by atoms with Crippen LogP contribution in [0.5, 0.6) is 0 Å². The highest BCUT2D eigenvalue weighted by Crippen LogP contribution is 2.61. The Morgan fingerprint density at radius 1 is 0.607 bits per heavy atom. The molecule has 3 aromatic carbocycles. The predicted octanol–water partition coefficient (Wildman–Crippen LogP) is 4.22. The van der Waals surface area contributed by atoms with Crippen molar-refractivity contribution in [2.75, 3.05) is 4.90 Å². The molecule has 1 heterocycles. The number of hydrogen-bond donors (Lipinski definition) is 0. The molecule has 4 aliphatic rings. The quantitative estimate of drug-likeness (QED) is 0.602. The van der Waals surface area contributed by atoms with E-state index in [4.69, 9.17) is 0 Å². The van der Waals surface area contributed by atoms with E-state index in [0.717, 1.165) is 22.3 Å². The van der Waals surface area contributed by atoms with E-state index < -0.39 is 11.8 Å². The lowest BCUT2D eigenvalue weighted by atomic mass is 9.55. The minimum absolute atomic E-state index is 0.121. The molecule has 2 atom stereocenters. The Morgan fingerprint density at radius 2 is 1.00 bits per heavy atom. The van der Waals surface area contributed by atoms with Crippen LogP contribution in [0.25, 0.3) is 0 Å². The first kappa shape index (κ1) is 15.8. The molecule has 0 N–H and O–H groups in total. The molecule has 0 radical (unpaired) electrons. The van der Waals surface area contributed by atoms with Gasteiger partial charge in [0.25, 0.3) is 0 Å². The highest BCUT2D eigenvalue weighted by atomic mass is 19.1. The molecule has 136 valence electrons. The van der Waals surface area contributed by atoms with Gasteiger partial charge in [-0.1, -0.05) is 48.5 Å². The molecular formula is C24H16FNO2. The van der Waals surface area contributed by atoms with Gasteiger partial charge in [0.15, 0.2) is 0 Å². The Hall–Kier alpha value is -3.27. The SMILES string of the molecule is O=C1[C@@H]2C3c4ccccc4C(c4ccccc43)[C@@H]2C(=O)N1c1ccc(F)cc1. The molecule has 0 aromatic heterocycles. The molecule has 7 rings (SSSR count). The number of rotatable bonds is 1. The van der Waals surface area contributed by atoms with E-state index >= 15 is 0 Å². The van der Waals surface area contributed by atoms with Gasteiger partial charge in [0, 0.05) is 11.8 Å². The van der Waals surface area contributed by atoms with Crippen LogP contribution in [0.1, 0.15) is 34.1 Å². The summed E-state index contributed by atoms with van der Waals surface area (Å²) in [4.78, 5) is 28.2. The van der Waals surface area contributed by atoms with Gasteiger partial charge in [0.05, 0.1) is 17.5 Å². The van der Waals surface area contributed by atoms with E-state index in [1.54, 1.807) is 0 Å². The maximum atomic E-state index is 13.5. The van der Waals surface area contributed by atoms with Gasteiger partial charge in [-0.15, -0.1) is 0 Å². The highest BCUT2D eigenvalue weighted by molar-refractivity contribution is 6.23. The van der Waals surface area contributed by atoms with E-state index in [1.807, 2.05) is 24.3 Å². The van der Waals surface area contributed by atoms with Crippen molar-refractivity contribution >= 4 is 17.5 Å². The molecule has 28 heavy (non-hydrogen) atoms. The number of imide groups is 1. The zero-order valence-electron chi connectivity index (χ0n) is 14.9. The second-order valence-corrected chi connectivity index (χ2v) is 7.75.